The van der Waals surface area contributed by atoms with Crippen LogP contribution in [-0.4, -0.2) is 16.6 Å². The van der Waals surface area contributed by atoms with Crippen LogP contribution in [0.4, 0.5) is 0 Å². The van der Waals surface area contributed by atoms with E-state index in [2.05, 4.69) is 35.6 Å². The molecule has 5 heteroatoms. The molecule has 114 valence electrons. The minimum Gasteiger partial charge on any atom is -0.487 e. The molecule has 0 aliphatic rings. The van der Waals surface area contributed by atoms with Gasteiger partial charge in [-0.25, -0.2) is 4.98 Å². The first-order valence-corrected chi connectivity index (χ1v) is 7.51. The molecule has 2 aromatic rings. The van der Waals surface area contributed by atoms with E-state index in [-0.39, 0.29) is 6.04 Å². The average molecular weight is 308 g/mol. The number of benzene rings is 1. The van der Waals surface area contributed by atoms with Crippen LogP contribution >= 0.6 is 11.6 Å². The Morgan fingerprint density at radius 3 is 2.76 bits per heavy atom. The lowest BCUT2D eigenvalue weighted by molar-refractivity contribution is 0.287. The molecule has 0 saturated carbocycles. The molecule has 1 aromatic carbocycles. The Hall–Kier alpha value is -1.52. The van der Waals surface area contributed by atoms with Crippen LogP contribution in [0.3, 0.4) is 0 Å². The number of nitrogens with one attached hydrogen (secondary N) is 1. The molecular formula is C16H22ClN3O. The van der Waals surface area contributed by atoms with E-state index in [4.69, 9.17) is 16.3 Å². The monoisotopic (exact) mass is 307 g/mol. The molecule has 1 heterocycles. The second-order valence-corrected chi connectivity index (χ2v) is 5.80. The predicted molar refractivity (Wildman–Crippen MR) is 85.9 cm³/mol. The summed E-state index contributed by atoms with van der Waals surface area (Å²) in [7, 11) is 1.92. The summed E-state index contributed by atoms with van der Waals surface area (Å²) >= 11 is 6.09. The number of rotatable bonds is 6. The molecule has 1 aromatic heterocycles. The van der Waals surface area contributed by atoms with Gasteiger partial charge in [0.15, 0.2) is 0 Å². The molecule has 0 saturated heterocycles. The van der Waals surface area contributed by atoms with Gasteiger partial charge in [0.1, 0.15) is 12.4 Å². The smallest absolute Gasteiger partial charge is 0.130 e. The van der Waals surface area contributed by atoms with Crippen molar-refractivity contribution in [1.29, 1.82) is 0 Å². The summed E-state index contributed by atoms with van der Waals surface area (Å²) in [6, 6.07) is 6.25. The zero-order valence-corrected chi connectivity index (χ0v) is 13.7. The molecule has 0 aliphatic heterocycles. The maximum absolute atomic E-state index is 6.09. The standard InChI is InChI=1S/C16H22ClN3O/c1-11(2)20-10-19-8-14(20)9-21-16-6-5-13(17)7-15(16)12(3)18-4/h5-8,10-12,18H,9H2,1-4H3. The molecule has 0 fully saturated rings. The van der Waals surface area contributed by atoms with Gasteiger partial charge in [0, 0.05) is 22.7 Å². The largest absolute Gasteiger partial charge is 0.487 e. The Balaban J connectivity index is 2.18. The molecule has 1 unspecified atom stereocenters. The van der Waals surface area contributed by atoms with Crippen LogP contribution in [0.15, 0.2) is 30.7 Å². The Morgan fingerprint density at radius 1 is 1.33 bits per heavy atom. The molecule has 21 heavy (non-hydrogen) atoms. The van der Waals surface area contributed by atoms with Gasteiger partial charge < -0.3 is 14.6 Å². The summed E-state index contributed by atoms with van der Waals surface area (Å²) in [6.07, 6.45) is 3.68. The number of imidazole rings is 1. The number of aromatic nitrogens is 2. The molecular weight excluding hydrogens is 286 g/mol. The predicted octanol–water partition coefficient (Wildman–Crippen LogP) is 3.98. The van der Waals surface area contributed by atoms with E-state index in [0.717, 1.165) is 17.0 Å². The van der Waals surface area contributed by atoms with Gasteiger partial charge in [-0.05, 0) is 46.0 Å². The molecule has 0 bridgehead atoms. The average Bonchev–Trinajstić information content (AvgIpc) is 2.93. The summed E-state index contributed by atoms with van der Waals surface area (Å²) in [5.41, 5.74) is 2.11. The van der Waals surface area contributed by atoms with Crippen molar-refractivity contribution in [2.24, 2.45) is 0 Å². The maximum atomic E-state index is 6.09. The van der Waals surface area contributed by atoms with Crippen LogP contribution in [0.1, 0.15) is 44.1 Å². The van der Waals surface area contributed by atoms with Crippen LogP contribution < -0.4 is 10.1 Å². The van der Waals surface area contributed by atoms with Gasteiger partial charge in [-0.1, -0.05) is 11.6 Å². The highest BCUT2D eigenvalue weighted by Crippen LogP contribution is 2.29. The van der Waals surface area contributed by atoms with Gasteiger partial charge in [-0.15, -0.1) is 0 Å². The van der Waals surface area contributed by atoms with Gasteiger partial charge in [0.05, 0.1) is 18.2 Å². The van der Waals surface area contributed by atoms with Crippen LogP contribution in [0.5, 0.6) is 5.75 Å². The maximum Gasteiger partial charge on any atom is 0.130 e. The van der Waals surface area contributed by atoms with Gasteiger partial charge in [-0.2, -0.15) is 0 Å². The number of nitrogens with zero attached hydrogens (tertiary/aromatic N) is 2. The minimum absolute atomic E-state index is 0.175. The van der Waals surface area contributed by atoms with E-state index in [1.807, 2.05) is 37.8 Å². The van der Waals surface area contributed by atoms with E-state index in [1.54, 1.807) is 0 Å². The van der Waals surface area contributed by atoms with Gasteiger partial charge in [-0.3, -0.25) is 0 Å². The van der Waals surface area contributed by atoms with Crippen molar-refractivity contribution in [2.45, 2.75) is 39.5 Å². The van der Waals surface area contributed by atoms with Crippen molar-refractivity contribution in [3.63, 3.8) is 0 Å². The van der Waals surface area contributed by atoms with Crippen molar-refractivity contribution in [2.75, 3.05) is 7.05 Å². The minimum atomic E-state index is 0.175. The van der Waals surface area contributed by atoms with E-state index < -0.39 is 0 Å². The highest BCUT2D eigenvalue weighted by Gasteiger charge is 2.12. The molecule has 0 aliphatic carbocycles. The van der Waals surface area contributed by atoms with Crippen LogP contribution in [-0.2, 0) is 6.61 Å². The number of ether oxygens (including phenoxy) is 1. The van der Waals surface area contributed by atoms with Crippen LogP contribution in [0.2, 0.25) is 5.02 Å². The van der Waals surface area contributed by atoms with Crippen molar-refractivity contribution in [3.8, 4) is 5.75 Å². The normalized spacial score (nSPS) is 12.7. The van der Waals surface area contributed by atoms with Crippen molar-refractivity contribution in [1.82, 2.24) is 14.9 Å². The Morgan fingerprint density at radius 2 is 2.10 bits per heavy atom. The number of halogens is 1. The molecule has 1 atom stereocenters. The summed E-state index contributed by atoms with van der Waals surface area (Å²) < 4.78 is 8.10. The summed E-state index contributed by atoms with van der Waals surface area (Å²) in [5.74, 6) is 0.845. The fourth-order valence-electron chi connectivity index (χ4n) is 2.21. The van der Waals surface area contributed by atoms with Gasteiger partial charge in [0.2, 0.25) is 0 Å². The highest BCUT2D eigenvalue weighted by molar-refractivity contribution is 6.30. The first kappa shape index (κ1) is 15.9. The summed E-state index contributed by atoms with van der Waals surface area (Å²) in [4.78, 5) is 4.19. The molecule has 2 rings (SSSR count). The van der Waals surface area contributed by atoms with Crippen molar-refractivity contribution in [3.05, 3.63) is 47.0 Å². The zero-order valence-electron chi connectivity index (χ0n) is 12.9. The van der Waals surface area contributed by atoms with E-state index in [1.165, 1.54) is 0 Å². The lowest BCUT2D eigenvalue weighted by atomic mass is 10.1. The molecule has 0 spiro atoms. The molecule has 0 radical (unpaired) electrons. The van der Waals surface area contributed by atoms with Crippen molar-refractivity contribution < 1.29 is 4.74 Å². The van der Waals surface area contributed by atoms with Crippen LogP contribution in [0.25, 0.3) is 0 Å². The third-order valence-corrected chi connectivity index (χ3v) is 3.78. The summed E-state index contributed by atoms with van der Waals surface area (Å²) in [6.45, 7) is 6.82. The summed E-state index contributed by atoms with van der Waals surface area (Å²) in [5, 5.41) is 3.93. The third kappa shape index (κ3) is 3.77. The van der Waals surface area contributed by atoms with Crippen molar-refractivity contribution >= 4 is 11.6 Å². The van der Waals surface area contributed by atoms with E-state index >= 15 is 0 Å². The Labute approximate surface area is 131 Å². The zero-order chi connectivity index (χ0) is 15.4. The fourth-order valence-corrected chi connectivity index (χ4v) is 2.39. The number of hydrogen-bond acceptors (Lipinski definition) is 3. The second-order valence-electron chi connectivity index (χ2n) is 5.37. The Bertz CT molecular complexity index is 595. The first-order chi connectivity index (χ1) is 10.0. The van der Waals surface area contributed by atoms with Crippen LogP contribution in [0, 0.1) is 0 Å². The molecule has 1 N–H and O–H groups in total. The second kappa shape index (κ2) is 6.96. The quantitative estimate of drug-likeness (QED) is 0.877. The first-order valence-electron chi connectivity index (χ1n) is 7.13. The molecule has 4 nitrogen and oxygen atoms in total. The highest BCUT2D eigenvalue weighted by atomic mass is 35.5. The number of hydrogen-bond donors (Lipinski definition) is 1. The molecule has 0 amide bonds. The van der Waals surface area contributed by atoms with E-state index in [9.17, 15) is 0 Å². The lowest BCUT2D eigenvalue weighted by Gasteiger charge is -2.18. The van der Waals surface area contributed by atoms with E-state index in [0.29, 0.717) is 17.7 Å². The topological polar surface area (TPSA) is 39.1 Å². The Kier molecular flexibility index (Phi) is 5.26. The van der Waals surface area contributed by atoms with Gasteiger partial charge in [0.25, 0.3) is 0 Å². The lowest BCUT2D eigenvalue weighted by Crippen LogP contribution is -2.14. The fraction of sp³-hybridized carbons (Fsp3) is 0.438. The SMILES string of the molecule is CNC(C)c1cc(Cl)ccc1OCc1cncn1C(C)C. The van der Waals surface area contributed by atoms with Gasteiger partial charge >= 0.3 is 0 Å². The third-order valence-electron chi connectivity index (χ3n) is 3.55.